The van der Waals surface area contributed by atoms with Crippen LogP contribution in [0.25, 0.3) is 0 Å². The molecule has 0 heterocycles. The molecule has 4 heteroatoms. The molecular formula is C33H60O4. The summed E-state index contributed by atoms with van der Waals surface area (Å²) in [5, 5.41) is 9.02. The van der Waals surface area contributed by atoms with E-state index < -0.39 is 17.9 Å². The maximum atomic E-state index is 12.0. The Hall–Kier alpha value is -1.58. The van der Waals surface area contributed by atoms with Gasteiger partial charge in [-0.3, -0.25) is 9.59 Å². The number of unbranched alkanes of at least 4 members (excludes halogenated alkanes) is 22. The number of allylic oxidation sites excluding steroid dienone is 1. The van der Waals surface area contributed by atoms with Crippen molar-refractivity contribution in [2.24, 2.45) is 5.92 Å². The van der Waals surface area contributed by atoms with Gasteiger partial charge in [0.2, 0.25) is 0 Å². The number of carbonyl (C=O) groups is 2. The van der Waals surface area contributed by atoms with Gasteiger partial charge in [-0.15, -0.1) is 6.58 Å². The Bertz CT molecular complexity index is 542. The molecule has 0 spiro atoms. The Morgan fingerprint density at radius 3 is 1.24 bits per heavy atom. The zero-order valence-electron chi connectivity index (χ0n) is 24.2. The number of esters is 1. The molecule has 0 radical (unpaired) electrons. The second-order valence-electron chi connectivity index (χ2n) is 10.9. The molecule has 4 nitrogen and oxygen atoms in total. The maximum Gasteiger partial charge on any atom is 0.309 e. The molecule has 0 saturated carbocycles. The van der Waals surface area contributed by atoms with Gasteiger partial charge >= 0.3 is 11.9 Å². The summed E-state index contributed by atoms with van der Waals surface area (Å²) < 4.78 is 5.04. The van der Waals surface area contributed by atoms with Gasteiger partial charge in [0.25, 0.3) is 0 Å². The van der Waals surface area contributed by atoms with Crippen LogP contribution in [0.4, 0.5) is 0 Å². The SMILES string of the molecule is C=CCCCCCCCCCCCCCCCCCCCCCCCCC(CC(=O)O)C(=O)OCC=C. The maximum absolute atomic E-state index is 12.0. The molecule has 0 rings (SSSR count). The number of carboxylic acid groups (broad SMARTS) is 1. The number of hydrogen-bond donors (Lipinski definition) is 1. The summed E-state index contributed by atoms with van der Waals surface area (Å²) in [5.74, 6) is -1.88. The van der Waals surface area contributed by atoms with Gasteiger partial charge in [-0.1, -0.05) is 154 Å². The van der Waals surface area contributed by atoms with Crippen molar-refractivity contribution in [1.29, 1.82) is 0 Å². The van der Waals surface area contributed by atoms with Crippen LogP contribution in [0.1, 0.15) is 161 Å². The first-order valence-corrected chi connectivity index (χ1v) is 15.7. The van der Waals surface area contributed by atoms with E-state index in [0.29, 0.717) is 6.42 Å². The smallest absolute Gasteiger partial charge is 0.309 e. The van der Waals surface area contributed by atoms with E-state index in [9.17, 15) is 9.59 Å². The van der Waals surface area contributed by atoms with E-state index in [1.165, 1.54) is 134 Å². The molecule has 1 atom stereocenters. The second-order valence-corrected chi connectivity index (χ2v) is 10.9. The quantitative estimate of drug-likeness (QED) is 0.0581. The largest absolute Gasteiger partial charge is 0.481 e. The average Bonchev–Trinajstić information content (AvgIpc) is 2.88. The van der Waals surface area contributed by atoms with Gasteiger partial charge in [0.15, 0.2) is 0 Å². The number of rotatable bonds is 30. The molecule has 0 saturated heterocycles. The monoisotopic (exact) mass is 520 g/mol. The predicted octanol–water partition coefficient (Wildman–Crippen LogP) is 10.4. The summed E-state index contributed by atoms with van der Waals surface area (Å²) in [6.07, 6.45) is 34.6. The molecule has 0 amide bonds. The molecule has 0 bridgehead atoms. The summed E-state index contributed by atoms with van der Waals surface area (Å²) in [4.78, 5) is 23.0. The van der Waals surface area contributed by atoms with Crippen LogP contribution in [0.2, 0.25) is 0 Å². The summed E-state index contributed by atoms with van der Waals surface area (Å²) in [6.45, 7) is 7.45. The Morgan fingerprint density at radius 1 is 0.568 bits per heavy atom. The molecule has 0 aromatic rings. The van der Waals surface area contributed by atoms with E-state index in [1.54, 1.807) is 0 Å². The van der Waals surface area contributed by atoms with Gasteiger partial charge in [0.05, 0.1) is 12.3 Å². The van der Waals surface area contributed by atoms with Gasteiger partial charge in [-0.2, -0.15) is 0 Å². The fourth-order valence-electron chi connectivity index (χ4n) is 4.99. The van der Waals surface area contributed by atoms with Crippen molar-refractivity contribution in [3.05, 3.63) is 25.3 Å². The highest BCUT2D eigenvalue weighted by atomic mass is 16.5. The molecule has 0 aromatic heterocycles. The number of aliphatic carboxylic acids is 1. The lowest BCUT2D eigenvalue weighted by Crippen LogP contribution is -2.21. The summed E-state index contributed by atoms with van der Waals surface area (Å²) in [5.41, 5.74) is 0. The Kier molecular flexibility index (Phi) is 27.7. The van der Waals surface area contributed by atoms with E-state index in [2.05, 4.69) is 13.2 Å². The van der Waals surface area contributed by atoms with Crippen molar-refractivity contribution in [3.63, 3.8) is 0 Å². The van der Waals surface area contributed by atoms with Crippen molar-refractivity contribution in [3.8, 4) is 0 Å². The fraction of sp³-hybridized carbons (Fsp3) is 0.818. The first kappa shape index (κ1) is 35.4. The van der Waals surface area contributed by atoms with E-state index in [0.717, 1.165) is 19.3 Å². The highest BCUT2D eigenvalue weighted by Gasteiger charge is 2.22. The molecular weight excluding hydrogens is 460 g/mol. The minimum absolute atomic E-state index is 0.145. The molecule has 0 aliphatic carbocycles. The van der Waals surface area contributed by atoms with Crippen LogP contribution in [0.5, 0.6) is 0 Å². The molecule has 216 valence electrons. The van der Waals surface area contributed by atoms with Crippen LogP contribution in [0.15, 0.2) is 25.3 Å². The standard InChI is InChI=1S/C33H60O4/c1-3-5-6-7-8-9-10-11-12-13-14-15-16-17-18-19-20-21-22-23-24-25-26-27-28-31(30-32(34)35)33(36)37-29-4-2/h3-4,31H,1-2,5-30H2,(H,34,35). The minimum atomic E-state index is -0.942. The van der Waals surface area contributed by atoms with Crippen LogP contribution in [-0.2, 0) is 14.3 Å². The van der Waals surface area contributed by atoms with Gasteiger partial charge in [0, 0.05) is 0 Å². The van der Waals surface area contributed by atoms with Crippen LogP contribution in [0, 0.1) is 5.92 Å². The molecule has 37 heavy (non-hydrogen) atoms. The third-order valence-electron chi connectivity index (χ3n) is 7.31. The van der Waals surface area contributed by atoms with Gasteiger partial charge in [-0.25, -0.2) is 0 Å². The van der Waals surface area contributed by atoms with Gasteiger partial charge in [-0.05, 0) is 19.3 Å². The van der Waals surface area contributed by atoms with E-state index in [-0.39, 0.29) is 13.0 Å². The van der Waals surface area contributed by atoms with Crippen molar-refractivity contribution < 1.29 is 19.4 Å². The molecule has 0 aromatic carbocycles. The van der Waals surface area contributed by atoms with Crippen molar-refractivity contribution in [1.82, 2.24) is 0 Å². The summed E-state index contributed by atoms with van der Waals surface area (Å²) >= 11 is 0. The number of carboxylic acids is 1. The van der Waals surface area contributed by atoms with Gasteiger partial charge in [0.1, 0.15) is 6.61 Å². The number of hydrogen-bond acceptors (Lipinski definition) is 3. The lowest BCUT2D eigenvalue weighted by molar-refractivity contribution is -0.152. The number of ether oxygens (including phenoxy) is 1. The van der Waals surface area contributed by atoms with Crippen molar-refractivity contribution in [2.45, 2.75) is 161 Å². The normalized spacial score (nSPS) is 11.8. The van der Waals surface area contributed by atoms with E-state index in [4.69, 9.17) is 9.84 Å². The first-order chi connectivity index (χ1) is 18.1. The zero-order valence-corrected chi connectivity index (χ0v) is 24.2. The molecule has 1 unspecified atom stereocenters. The van der Waals surface area contributed by atoms with Crippen LogP contribution in [0.3, 0.4) is 0 Å². The lowest BCUT2D eigenvalue weighted by Gasteiger charge is -2.13. The first-order valence-electron chi connectivity index (χ1n) is 15.7. The molecule has 0 aliphatic heterocycles. The van der Waals surface area contributed by atoms with E-state index in [1.807, 2.05) is 6.08 Å². The highest BCUT2D eigenvalue weighted by molar-refractivity contribution is 5.79. The molecule has 0 fully saturated rings. The highest BCUT2D eigenvalue weighted by Crippen LogP contribution is 2.18. The Morgan fingerprint density at radius 2 is 0.919 bits per heavy atom. The predicted molar refractivity (Wildman–Crippen MR) is 158 cm³/mol. The van der Waals surface area contributed by atoms with E-state index >= 15 is 0 Å². The number of carbonyl (C=O) groups excluding carboxylic acids is 1. The zero-order chi connectivity index (χ0) is 27.2. The lowest BCUT2D eigenvalue weighted by atomic mass is 9.97. The molecule has 0 aliphatic rings. The Balaban J connectivity index is 3.33. The summed E-state index contributed by atoms with van der Waals surface area (Å²) in [6, 6.07) is 0. The second kappa shape index (κ2) is 29.0. The molecule has 1 N–H and O–H groups in total. The average molecular weight is 521 g/mol. The van der Waals surface area contributed by atoms with Gasteiger partial charge < -0.3 is 9.84 Å². The topological polar surface area (TPSA) is 63.6 Å². The van der Waals surface area contributed by atoms with Crippen LogP contribution < -0.4 is 0 Å². The summed E-state index contributed by atoms with van der Waals surface area (Å²) in [7, 11) is 0. The minimum Gasteiger partial charge on any atom is -0.481 e. The third kappa shape index (κ3) is 27.3. The van der Waals surface area contributed by atoms with Crippen molar-refractivity contribution in [2.75, 3.05) is 6.61 Å². The Labute approximate surface area is 229 Å². The fourth-order valence-corrected chi connectivity index (χ4v) is 4.99. The van der Waals surface area contributed by atoms with Crippen LogP contribution in [-0.4, -0.2) is 23.7 Å². The van der Waals surface area contributed by atoms with Crippen LogP contribution >= 0.6 is 0 Å². The van der Waals surface area contributed by atoms with Crippen molar-refractivity contribution >= 4 is 11.9 Å². The third-order valence-corrected chi connectivity index (χ3v) is 7.31.